The Morgan fingerprint density at radius 3 is 2.30 bits per heavy atom. The summed E-state index contributed by atoms with van der Waals surface area (Å²) in [5.74, 6) is 0.598. The van der Waals surface area contributed by atoms with Crippen LogP contribution in [0.1, 0.15) is 56.0 Å². The average molecular weight is 287 g/mol. The maximum absolute atomic E-state index is 3.42. The van der Waals surface area contributed by atoms with Gasteiger partial charge in [0.15, 0.2) is 0 Å². The highest BCUT2D eigenvalue weighted by Crippen LogP contribution is 2.33. The van der Waals surface area contributed by atoms with Crippen LogP contribution in [0.4, 0.5) is 0 Å². The summed E-state index contributed by atoms with van der Waals surface area (Å²) in [6.07, 6.45) is 2.41. The van der Waals surface area contributed by atoms with Crippen molar-refractivity contribution in [3.8, 4) is 10.4 Å². The number of nitrogens with one attached hydrogen (secondary N) is 1. The minimum Gasteiger partial charge on any atom is -0.312 e. The molecule has 2 heteroatoms. The highest BCUT2D eigenvalue weighted by atomic mass is 32.1. The third-order valence-corrected chi connectivity index (χ3v) is 5.01. The van der Waals surface area contributed by atoms with Crippen molar-refractivity contribution in [3.63, 3.8) is 0 Å². The van der Waals surface area contributed by atoms with Gasteiger partial charge in [0, 0.05) is 15.8 Å². The number of hydrogen-bond acceptors (Lipinski definition) is 2. The van der Waals surface area contributed by atoms with Crippen LogP contribution in [0.2, 0.25) is 0 Å². The van der Waals surface area contributed by atoms with Crippen molar-refractivity contribution < 1.29 is 0 Å². The van der Waals surface area contributed by atoms with E-state index in [1.807, 2.05) is 11.3 Å². The lowest BCUT2D eigenvalue weighted by Crippen LogP contribution is -2.14. The first-order valence-electron chi connectivity index (χ1n) is 7.53. The van der Waals surface area contributed by atoms with Crippen LogP contribution >= 0.6 is 11.3 Å². The Morgan fingerprint density at radius 2 is 1.75 bits per heavy atom. The summed E-state index contributed by atoms with van der Waals surface area (Å²) in [7, 11) is 2.05. The van der Waals surface area contributed by atoms with Gasteiger partial charge in [-0.3, -0.25) is 0 Å². The monoisotopic (exact) mass is 287 g/mol. The van der Waals surface area contributed by atoms with Gasteiger partial charge in [0.05, 0.1) is 0 Å². The van der Waals surface area contributed by atoms with E-state index in [0.29, 0.717) is 12.0 Å². The minimum atomic E-state index is 0.494. The number of thiophene rings is 1. The molecule has 0 saturated heterocycles. The SMILES string of the molecule is CCCC(NC)c1ccc(-c2ccc(C(C)C)cc2)s1. The Morgan fingerprint density at radius 1 is 1.05 bits per heavy atom. The van der Waals surface area contributed by atoms with Gasteiger partial charge < -0.3 is 5.32 Å². The molecule has 0 bridgehead atoms. The molecule has 20 heavy (non-hydrogen) atoms. The summed E-state index contributed by atoms with van der Waals surface area (Å²) < 4.78 is 0. The molecular weight excluding hydrogens is 262 g/mol. The summed E-state index contributed by atoms with van der Waals surface area (Å²) in [6, 6.07) is 14.0. The first kappa shape index (κ1) is 15.3. The second-order valence-electron chi connectivity index (χ2n) is 5.61. The van der Waals surface area contributed by atoms with Crippen molar-refractivity contribution in [2.45, 2.75) is 45.6 Å². The fourth-order valence-corrected chi connectivity index (χ4v) is 3.60. The average Bonchev–Trinajstić information content (AvgIpc) is 2.94. The second kappa shape index (κ2) is 7.05. The third kappa shape index (κ3) is 3.50. The zero-order valence-electron chi connectivity index (χ0n) is 12.9. The van der Waals surface area contributed by atoms with Gasteiger partial charge in [-0.2, -0.15) is 0 Å². The summed E-state index contributed by atoms with van der Waals surface area (Å²) in [5, 5.41) is 3.42. The normalized spacial score (nSPS) is 12.8. The molecule has 1 atom stereocenters. The van der Waals surface area contributed by atoms with Crippen molar-refractivity contribution >= 4 is 11.3 Å². The molecule has 1 aromatic heterocycles. The standard InChI is InChI=1S/C18H25NS/c1-5-6-16(19-4)18-12-11-17(20-18)15-9-7-14(8-10-15)13(2)3/h7-13,16,19H,5-6H2,1-4H3. The molecular formula is C18H25NS. The largest absolute Gasteiger partial charge is 0.312 e. The third-order valence-electron chi connectivity index (χ3n) is 3.76. The highest BCUT2D eigenvalue weighted by molar-refractivity contribution is 7.15. The van der Waals surface area contributed by atoms with E-state index < -0.39 is 0 Å². The van der Waals surface area contributed by atoms with Gasteiger partial charge in [-0.25, -0.2) is 0 Å². The summed E-state index contributed by atoms with van der Waals surface area (Å²) in [6.45, 7) is 6.71. The van der Waals surface area contributed by atoms with E-state index in [-0.39, 0.29) is 0 Å². The molecule has 0 aliphatic carbocycles. The lowest BCUT2D eigenvalue weighted by molar-refractivity contribution is 0.550. The van der Waals surface area contributed by atoms with E-state index in [1.54, 1.807) is 0 Å². The molecule has 0 aliphatic heterocycles. The fourth-order valence-electron chi connectivity index (χ4n) is 2.45. The Hall–Kier alpha value is -1.12. The molecule has 0 saturated carbocycles. The maximum Gasteiger partial charge on any atom is 0.0412 e. The van der Waals surface area contributed by atoms with Crippen LogP contribution in [0.3, 0.4) is 0 Å². The van der Waals surface area contributed by atoms with Gasteiger partial charge in [0.25, 0.3) is 0 Å². The zero-order valence-corrected chi connectivity index (χ0v) is 13.8. The quantitative estimate of drug-likeness (QED) is 0.729. The van der Waals surface area contributed by atoms with Gasteiger partial charge >= 0.3 is 0 Å². The molecule has 0 radical (unpaired) electrons. The topological polar surface area (TPSA) is 12.0 Å². The van der Waals surface area contributed by atoms with Gasteiger partial charge in [-0.1, -0.05) is 51.5 Å². The molecule has 1 heterocycles. The molecule has 0 spiro atoms. The molecule has 2 aromatic rings. The summed E-state index contributed by atoms with van der Waals surface area (Å²) in [4.78, 5) is 2.81. The molecule has 0 amide bonds. The van der Waals surface area contributed by atoms with Crippen molar-refractivity contribution in [2.24, 2.45) is 0 Å². The van der Waals surface area contributed by atoms with Gasteiger partial charge in [0.1, 0.15) is 0 Å². The van der Waals surface area contributed by atoms with Gasteiger partial charge in [-0.15, -0.1) is 11.3 Å². The first-order chi connectivity index (χ1) is 9.65. The Balaban J connectivity index is 2.19. The van der Waals surface area contributed by atoms with E-state index >= 15 is 0 Å². The minimum absolute atomic E-state index is 0.494. The number of benzene rings is 1. The van der Waals surface area contributed by atoms with Crippen LogP contribution in [0.5, 0.6) is 0 Å². The molecule has 2 rings (SSSR count). The van der Waals surface area contributed by atoms with Crippen molar-refractivity contribution in [1.82, 2.24) is 5.32 Å². The Labute approximate surface area is 127 Å². The molecule has 1 N–H and O–H groups in total. The predicted molar refractivity (Wildman–Crippen MR) is 90.6 cm³/mol. The molecule has 0 fully saturated rings. The van der Waals surface area contributed by atoms with Crippen molar-refractivity contribution in [2.75, 3.05) is 7.05 Å². The molecule has 1 nitrogen and oxygen atoms in total. The van der Waals surface area contributed by atoms with Crippen LogP contribution in [-0.2, 0) is 0 Å². The lowest BCUT2D eigenvalue weighted by atomic mass is 10.0. The van der Waals surface area contributed by atoms with E-state index in [9.17, 15) is 0 Å². The Bertz CT molecular complexity index is 525. The Kier molecular flexibility index (Phi) is 5.38. The number of hydrogen-bond donors (Lipinski definition) is 1. The van der Waals surface area contributed by atoms with E-state index in [2.05, 4.69) is 69.5 Å². The van der Waals surface area contributed by atoms with Gasteiger partial charge in [0.2, 0.25) is 0 Å². The van der Waals surface area contributed by atoms with E-state index in [0.717, 1.165) is 0 Å². The summed E-state index contributed by atoms with van der Waals surface area (Å²) in [5.41, 5.74) is 2.74. The molecule has 0 aliphatic rings. The smallest absolute Gasteiger partial charge is 0.0412 e. The lowest BCUT2D eigenvalue weighted by Gasteiger charge is -2.12. The maximum atomic E-state index is 3.42. The molecule has 108 valence electrons. The van der Waals surface area contributed by atoms with Gasteiger partial charge in [-0.05, 0) is 42.6 Å². The van der Waals surface area contributed by atoms with Crippen LogP contribution in [0.25, 0.3) is 10.4 Å². The highest BCUT2D eigenvalue weighted by Gasteiger charge is 2.11. The molecule has 1 aromatic carbocycles. The van der Waals surface area contributed by atoms with Crippen LogP contribution in [0.15, 0.2) is 36.4 Å². The predicted octanol–water partition coefficient (Wildman–Crippen LogP) is 5.60. The molecule has 1 unspecified atom stereocenters. The van der Waals surface area contributed by atoms with E-state index in [1.165, 1.54) is 33.7 Å². The first-order valence-corrected chi connectivity index (χ1v) is 8.34. The fraction of sp³-hybridized carbons (Fsp3) is 0.444. The van der Waals surface area contributed by atoms with Crippen molar-refractivity contribution in [1.29, 1.82) is 0 Å². The van der Waals surface area contributed by atoms with Crippen LogP contribution in [-0.4, -0.2) is 7.05 Å². The van der Waals surface area contributed by atoms with Crippen molar-refractivity contribution in [3.05, 3.63) is 46.8 Å². The van der Waals surface area contributed by atoms with Crippen LogP contribution < -0.4 is 5.32 Å². The zero-order chi connectivity index (χ0) is 14.5. The number of rotatable bonds is 6. The van der Waals surface area contributed by atoms with Crippen LogP contribution in [0, 0.1) is 0 Å². The van der Waals surface area contributed by atoms with E-state index in [4.69, 9.17) is 0 Å². The summed E-state index contributed by atoms with van der Waals surface area (Å²) >= 11 is 1.91. The second-order valence-corrected chi connectivity index (χ2v) is 6.72.